The number of hydrogen-bond acceptors (Lipinski definition) is 3. The SMILES string of the molecule is CNC(=O)C1CCCN1C(=O)NN. The van der Waals surface area contributed by atoms with Crippen molar-refractivity contribution in [3.05, 3.63) is 0 Å². The zero-order valence-electron chi connectivity index (χ0n) is 7.54. The Balaban J connectivity index is 2.63. The first kappa shape index (κ1) is 9.79. The van der Waals surface area contributed by atoms with Crippen LogP contribution in [0.4, 0.5) is 4.79 Å². The molecule has 1 aliphatic rings. The minimum Gasteiger partial charge on any atom is -0.357 e. The summed E-state index contributed by atoms with van der Waals surface area (Å²) >= 11 is 0. The van der Waals surface area contributed by atoms with Crippen molar-refractivity contribution < 1.29 is 9.59 Å². The Labute approximate surface area is 76.4 Å². The summed E-state index contributed by atoms with van der Waals surface area (Å²) < 4.78 is 0. The number of nitrogens with zero attached hydrogens (tertiary/aromatic N) is 1. The van der Waals surface area contributed by atoms with E-state index in [2.05, 4.69) is 5.32 Å². The van der Waals surface area contributed by atoms with Crippen molar-refractivity contribution >= 4 is 11.9 Å². The van der Waals surface area contributed by atoms with Crippen LogP contribution < -0.4 is 16.6 Å². The fraction of sp³-hybridized carbons (Fsp3) is 0.714. The summed E-state index contributed by atoms with van der Waals surface area (Å²) in [6.07, 6.45) is 1.54. The van der Waals surface area contributed by atoms with Crippen LogP contribution in [-0.4, -0.2) is 36.5 Å². The Morgan fingerprint density at radius 2 is 2.23 bits per heavy atom. The lowest BCUT2D eigenvalue weighted by molar-refractivity contribution is -0.124. The van der Waals surface area contributed by atoms with Gasteiger partial charge in [0, 0.05) is 13.6 Å². The maximum absolute atomic E-state index is 11.3. The minimum absolute atomic E-state index is 0.138. The third kappa shape index (κ3) is 1.89. The molecular formula is C7H14N4O2. The average molecular weight is 186 g/mol. The summed E-state index contributed by atoms with van der Waals surface area (Å²) in [5, 5.41) is 2.51. The molecular weight excluding hydrogens is 172 g/mol. The van der Waals surface area contributed by atoms with Crippen molar-refractivity contribution in [2.45, 2.75) is 18.9 Å². The predicted octanol–water partition coefficient (Wildman–Crippen LogP) is -1.22. The summed E-state index contributed by atoms with van der Waals surface area (Å²) in [5.41, 5.74) is 2.02. The molecule has 4 N–H and O–H groups in total. The maximum atomic E-state index is 11.3. The van der Waals surface area contributed by atoms with Gasteiger partial charge in [-0.15, -0.1) is 0 Å². The van der Waals surface area contributed by atoms with E-state index >= 15 is 0 Å². The highest BCUT2D eigenvalue weighted by atomic mass is 16.2. The lowest BCUT2D eigenvalue weighted by Gasteiger charge is -2.22. The fourth-order valence-electron chi connectivity index (χ4n) is 1.53. The molecule has 6 heteroatoms. The van der Waals surface area contributed by atoms with Crippen molar-refractivity contribution in [3.8, 4) is 0 Å². The van der Waals surface area contributed by atoms with E-state index in [0.29, 0.717) is 13.0 Å². The lowest BCUT2D eigenvalue weighted by atomic mass is 10.2. The van der Waals surface area contributed by atoms with Crippen molar-refractivity contribution in [1.29, 1.82) is 0 Å². The molecule has 1 saturated heterocycles. The number of carbonyl (C=O) groups is 2. The van der Waals surface area contributed by atoms with E-state index in [1.807, 2.05) is 5.43 Å². The van der Waals surface area contributed by atoms with Gasteiger partial charge in [0.25, 0.3) is 0 Å². The molecule has 1 aliphatic heterocycles. The third-order valence-electron chi connectivity index (χ3n) is 2.19. The highest BCUT2D eigenvalue weighted by Gasteiger charge is 2.32. The zero-order chi connectivity index (χ0) is 9.84. The van der Waals surface area contributed by atoms with Crippen molar-refractivity contribution in [3.63, 3.8) is 0 Å². The molecule has 1 rings (SSSR count). The Morgan fingerprint density at radius 1 is 1.54 bits per heavy atom. The van der Waals surface area contributed by atoms with Gasteiger partial charge in [0.1, 0.15) is 6.04 Å². The van der Waals surface area contributed by atoms with Gasteiger partial charge in [-0.05, 0) is 12.8 Å². The second kappa shape index (κ2) is 4.08. The Bertz CT molecular complexity index is 197. The van der Waals surface area contributed by atoms with Gasteiger partial charge in [0.2, 0.25) is 5.91 Å². The first-order chi connectivity index (χ1) is 6.20. The van der Waals surface area contributed by atoms with Crippen LogP contribution in [0.3, 0.4) is 0 Å². The van der Waals surface area contributed by atoms with Crippen LogP contribution in [0.2, 0.25) is 0 Å². The molecule has 1 heterocycles. The molecule has 13 heavy (non-hydrogen) atoms. The first-order valence-corrected chi connectivity index (χ1v) is 4.19. The standard InChI is InChI=1S/C7H14N4O2/c1-9-6(12)5-3-2-4-11(5)7(13)10-8/h5H,2-4,8H2,1H3,(H,9,12)(H,10,13). The summed E-state index contributed by atoms with van der Waals surface area (Å²) in [4.78, 5) is 23.9. The molecule has 0 bridgehead atoms. The van der Waals surface area contributed by atoms with Crippen molar-refractivity contribution in [2.75, 3.05) is 13.6 Å². The minimum atomic E-state index is -0.397. The topological polar surface area (TPSA) is 87.5 Å². The summed E-state index contributed by atoms with van der Waals surface area (Å²) in [6, 6.07) is -0.764. The number of likely N-dealkylation sites (N-methyl/N-ethyl adjacent to an activating group) is 1. The normalized spacial score (nSPS) is 21.4. The number of amides is 3. The molecule has 0 aromatic rings. The molecule has 74 valence electrons. The van der Waals surface area contributed by atoms with Crippen molar-refractivity contribution in [1.82, 2.24) is 15.6 Å². The van der Waals surface area contributed by atoms with Gasteiger partial charge < -0.3 is 10.2 Å². The van der Waals surface area contributed by atoms with Crippen LogP contribution in [0.25, 0.3) is 0 Å². The predicted molar refractivity (Wildman–Crippen MR) is 46.5 cm³/mol. The number of nitrogens with one attached hydrogen (secondary N) is 2. The van der Waals surface area contributed by atoms with Gasteiger partial charge in [0.05, 0.1) is 0 Å². The van der Waals surface area contributed by atoms with Crippen LogP contribution >= 0.6 is 0 Å². The van der Waals surface area contributed by atoms with Crippen LogP contribution in [0.1, 0.15) is 12.8 Å². The molecule has 1 atom stereocenters. The quantitative estimate of drug-likeness (QED) is 0.272. The van der Waals surface area contributed by atoms with Gasteiger partial charge in [0.15, 0.2) is 0 Å². The third-order valence-corrected chi connectivity index (χ3v) is 2.19. The van der Waals surface area contributed by atoms with Gasteiger partial charge >= 0.3 is 6.03 Å². The fourth-order valence-corrected chi connectivity index (χ4v) is 1.53. The molecule has 0 aromatic heterocycles. The molecule has 6 nitrogen and oxygen atoms in total. The van der Waals surface area contributed by atoms with Crippen LogP contribution in [0.15, 0.2) is 0 Å². The monoisotopic (exact) mass is 186 g/mol. The maximum Gasteiger partial charge on any atom is 0.332 e. The number of hydrazine groups is 1. The van der Waals surface area contributed by atoms with E-state index in [1.165, 1.54) is 4.90 Å². The number of likely N-dealkylation sites (tertiary alicyclic amines) is 1. The second-order valence-corrected chi connectivity index (χ2v) is 2.92. The lowest BCUT2D eigenvalue weighted by Crippen LogP contribution is -2.50. The number of hydrogen-bond donors (Lipinski definition) is 3. The Kier molecular flexibility index (Phi) is 3.07. The Hall–Kier alpha value is -1.30. The van der Waals surface area contributed by atoms with E-state index in [1.54, 1.807) is 7.05 Å². The Morgan fingerprint density at radius 3 is 2.77 bits per heavy atom. The average Bonchev–Trinajstić information content (AvgIpc) is 2.63. The van der Waals surface area contributed by atoms with Crippen molar-refractivity contribution in [2.24, 2.45) is 5.84 Å². The highest BCUT2D eigenvalue weighted by Crippen LogP contribution is 2.16. The molecule has 1 fully saturated rings. The highest BCUT2D eigenvalue weighted by molar-refractivity contribution is 5.87. The molecule has 0 aromatic carbocycles. The molecule has 0 aliphatic carbocycles. The molecule has 3 amide bonds. The van der Waals surface area contributed by atoms with Gasteiger partial charge in [-0.25, -0.2) is 10.6 Å². The number of carbonyl (C=O) groups excluding carboxylic acids is 2. The molecule has 1 unspecified atom stereocenters. The second-order valence-electron chi connectivity index (χ2n) is 2.92. The summed E-state index contributed by atoms with van der Waals surface area (Å²) in [6.45, 7) is 0.584. The summed E-state index contributed by atoms with van der Waals surface area (Å²) in [5.74, 6) is 4.84. The van der Waals surface area contributed by atoms with E-state index in [9.17, 15) is 9.59 Å². The van der Waals surface area contributed by atoms with E-state index in [4.69, 9.17) is 5.84 Å². The first-order valence-electron chi connectivity index (χ1n) is 4.19. The number of nitrogens with two attached hydrogens (primary N) is 1. The number of urea groups is 1. The number of rotatable bonds is 1. The zero-order valence-corrected chi connectivity index (χ0v) is 7.54. The van der Waals surface area contributed by atoms with Crippen LogP contribution in [-0.2, 0) is 4.79 Å². The van der Waals surface area contributed by atoms with Gasteiger partial charge in [-0.2, -0.15) is 0 Å². The van der Waals surface area contributed by atoms with Crippen LogP contribution in [0, 0.1) is 0 Å². The molecule has 0 spiro atoms. The molecule has 0 saturated carbocycles. The van der Waals surface area contributed by atoms with Gasteiger partial charge in [-0.1, -0.05) is 0 Å². The molecule has 0 radical (unpaired) electrons. The summed E-state index contributed by atoms with van der Waals surface area (Å²) in [7, 11) is 1.55. The van der Waals surface area contributed by atoms with Gasteiger partial charge in [-0.3, -0.25) is 10.2 Å². The van der Waals surface area contributed by atoms with E-state index in [-0.39, 0.29) is 11.9 Å². The van der Waals surface area contributed by atoms with E-state index in [0.717, 1.165) is 6.42 Å². The van der Waals surface area contributed by atoms with E-state index < -0.39 is 6.03 Å². The van der Waals surface area contributed by atoms with Crippen LogP contribution in [0.5, 0.6) is 0 Å². The smallest absolute Gasteiger partial charge is 0.332 e. The largest absolute Gasteiger partial charge is 0.357 e.